The summed E-state index contributed by atoms with van der Waals surface area (Å²) >= 11 is 0. The highest BCUT2D eigenvalue weighted by Gasteiger charge is 2.17. The van der Waals surface area contributed by atoms with Crippen LogP contribution in [0.1, 0.15) is 36.8 Å². The predicted molar refractivity (Wildman–Crippen MR) is 104 cm³/mol. The summed E-state index contributed by atoms with van der Waals surface area (Å²) in [7, 11) is 0. The molecular weight excluding hydrogens is 304 g/mol. The fourth-order valence-corrected chi connectivity index (χ4v) is 3.64. The van der Waals surface area contributed by atoms with Crippen LogP contribution in [0.25, 0.3) is 16.3 Å². The molecule has 1 fully saturated rings. The number of aliphatic hydroxyl groups is 1. The smallest absolute Gasteiger partial charge is 0.0824 e. The van der Waals surface area contributed by atoms with Crippen molar-refractivity contribution in [3.8, 4) is 0 Å². The lowest BCUT2D eigenvalue weighted by Gasteiger charge is -2.19. The lowest BCUT2D eigenvalue weighted by atomic mass is 9.89. The molecule has 0 spiro atoms. The highest BCUT2D eigenvalue weighted by atomic mass is 16.3. The number of rotatable bonds is 2. The average Bonchev–Trinajstić information content (AvgIpc) is 2.68. The van der Waals surface area contributed by atoms with Gasteiger partial charge in [-0.1, -0.05) is 79.2 Å². The molecule has 0 aromatic heterocycles. The minimum Gasteiger partial charge on any atom is -0.388 e. The average molecular weight is 326 g/mol. The summed E-state index contributed by atoms with van der Waals surface area (Å²) in [5, 5.41) is 12.9. The number of benzene rings is 3. The van der Waals surface area contributed by atoms with Crippen molar-refractivity contribution in [2.45, 2.75) is 31.8 Å². The van der Waals surface area contributed by atoms with Gasteiger partial charge in [0.1, 0.15) is 0 Å². The predicted octanol–water partition coefficient (Wildman–Crippen LogP) is 5.73. The van der Waals surface area contributed by atoms with Crippen LogP contribution in [0, 0.1) is 0 Å². The van der Waals surface area contributed by atoms with Crippen LogP contribution in [-0.2, 0) is 0 Å². The molecule has 1 heteroatoms. The van der Waals surface area contributed by atoms with E-state index < -0.39 is 0 Å². The van der Waals surface area contributed by atoms with Gasteiger partial charge in [0.25, 0.3) is 0 Å². The van der Waals surface area contributed by atoms with Crippen molar-refractivity contribution in [2.75, 3.05) is 0 Å². The molecule has 1 N–H and O–H groups in total. The molecule has 1 unspecified atom stereocenters. The van der Waals surface area contributed by atoms with Gasteiger partial charge in [0.15, 0.2) is 0 Å². The topological polar surface area (TPSA) is 20.2 Å². The third kappa shape index (κ3) is 3.30. The largest absolute Gasteiger partial charge is 0.388 e. The molecule has 25 heavy (non-hydrogen) atoms. The second kappa shape index (κ2) is 7.11. The number of aliphatic hydroxyl groups excluding tert-OH is 1. The van der Waals surface area contributed by atoms with Crippen molar-refractivity contribution in [1.29, 1.82) is 0 Å². The number of hydrogen-bond donors (Lipinski definition) is 1. The monoisotopic (exact) mass is 326 g/mol. The Hall–Kier alpha value is -2.60. The Bertz CT molecular complexity index is 941. The van der Waals surface area contributed by atoms with Crippen molar-refractivity contribution >= 4 is 16.3 Å². The zero-order chi connectivity index (χ0) is 17.1. The minimum absolute atomic E-state index is 0.359. The van der Waals surface area contributed by atoms with E-state index in [1.165, 1.54) is 16.3 Å². The SMILES string of the molecule is OC1CCCCC1=C=C(c1ccccc1)c1cccc2ccccc12. The van der Waals surface area contributed by atoms with Gasteiger partial charge in [-0.25, -0.2) is 0 Å². The van der Waals surface area contributed by atoms with Gasteiger partial charge in [-0.05, 0) is 41.2 Å². The fraction of sp³-hybridized carbons (Fsp3) is 0.208. The number of fused-ring (bicyclic) bond motifs is 1. The first-order valence-corrected chi connectivity index (χ1v) is 9.04. The minimum atomic E-state index is -0.359. The van der Waals surface area contributed by atoms with Crippen LogP contribution in [0.5, 0.6) is 0 Å². The highest BCUT2D eigenvalue weighted by molar-refractivity contribution is 5.97. The van der Waals surface area contributed by atoms with Gasteiger partial charge in [-0.2, -0.15) is 0 Å². The summed E-state index contributed by atoms with van der Waals surface area (Å²) in [6, 6.07) is 25.3. The zero-order valence-electron chi connectivity index (χ0n) is 14.3. The fourth-order valence-electron chi connectivity index (χ4n) is 3.64. The van der Waals surface area contributed by atoms with E-state index in [9.17, 15) is 5.11 Å². The van der Waals surface area contributed by atoms with Crippen LogP contribution in [0.2, 0.25) is 0 Å². The van der Waals surface area contributed by atoms with Gasteiger partial charge in [0, 0.05) is 11.1 Å². The van der Waals surface area contributed by atoms with Gasteiger partial charge < -0.3 is 5.11 Å². The van der Waals surface area contributed by atoms with Crippen LogP contribution >= 0.6 is 0 Å². The van der Waals surface area contributed by atoms with Gasteiger partial charge in [-0.3, -0.25) is 0 Å². The molecule has 1 aliphatic carbocycles. The zero-order valence-corrected chi connectivity index (χ0v) is 14.3. The number of hydrogen-bond acceptors (Lipinski definition) is 1. The van der Waals surface area contributed by atoms with Crippen molar-refractivity contribution in [1.82, 2.24) is 0 Å². The molecular formula is C24H22O. The first kappa shape index (κ1) is 15.9. The van der Waals surface area contributed by atoms with E-state index in [1.807, 2.05) is 6.07 Å². The molecule has 0 amide bonds. The first-order valence-electron chi connectivity index (χ1n) is 9.04. The van der Waals surface area contributed by atoms with E-state index in [-0.39, 0.29) is 6.10 Å². The van der Waals surface area contributed by atoms with Crippen LogP contribution in [-0.4, -0.2) is 11.2 Å². The molecule has 3 aromatic carbocycles. The Morgan fingerprint density at radius 2 is 1.60 bits per heavy atom. The van der Waals surface area contributed by atoms with Crippen molar-refractivity contribution in [3.63, 3.8) is 0 Å². The van der Waals surface area contributed by atoms with Gasteiger partial charge in [0.05, 0.1) is 6.10 Å². The molecule has 1 aliphatic rings. The molecule has 124 valence electrons. The summed E-state index contributed by atoms with van der Waals surface area (Å²) in [5.41, 5.74) is 8.05. The van der Waals surface area contributed by atoms with E-state index in [0.29, 0.717) is 0 Å². The maximum absolute atomic E-state index is 10.4. The quantitative estimate of drug-likeness (QED) is 0.596. The van der Waals surface area contributed by atoms with E-state index in [0.717, 1.165) is 42.4 Å². The second-order valence-corrected chi connectivity index (χ2v) is 6.68. The molecule has 0 aliphatic heterocycles. The molecule has 4 rings (SSSR count). The van der Waals surface area contributed by atoms with E-state index in [2.05, 4.69) is 72.5 Å². The molecule has 1 saturated carbocycles. The lowest BCUT2D eigenvalue weighted by Crippen LogP contribution is -2.14. The molecule has 3 aromatic rings. The molecule has 1 nitrogen and oxygen atoms in total. The van der Waals surface area contributed by atoms with Gasteiger partial charge in [0.2, 0.25) is 0 Å². The molecule has 1 atom stereocenters. The third-order valence-electron chi connectivity index (χ3n) is 4.98. The van der Waals surface area contributed by atoms with E-state index in [4.69, 9.17) is 0 Å². The van der Waals surface area contributed by atoms with Gasteiger partial charge in [-0.15, -0.1) is 5.73 Å². The molecule has 0 heterocycles. The van der Waals surface area contributed by atoms with E-state index in [1.54, 1.807) is 0 Å². The van der Waals surface area contributed by atoms with Crippen molar-refractivity contribution in [3.05, 3.63) is 95.2 Å². The molecule has 0 saturated heterocycles. The third-order valence-corrected chi connectivity index (χ3v) is 4.98. The van der Waals surface area contributed by atoms with Gasteiger partial charge >= 0.3 is 0 Å². The lowest BCUT2D eigenvalue weighted by molar-refractivity contribution is 0.179. The highest BCUT2D eigenvalue weighted by Crippen LogP contribution is 2.31. The molecule has 0 bridgehead atoms. The Morgan fingerprint density at radius 3 is 2.44 bits per heavy atom. The second-order valence-electron chi connectivity index (χ2n) is 6.68. The van der Waals surface area contributed by atoms with Crippen molar-refractivity contribution < 1.29 is 5.11 Å². The van der Waals surface area contributed by atoms with Crippen LogP contribution in [0.15, 0.2) is 84.1 Å². The van der Waals surface area contributed by atoms with Crippen LogP contribution in [0.4, 0.5) is 0 Å². The Kier molecular flexibility index (Phi) is 4.52. The summed E-state index contributed by atoms with van der Waals surface area (Å²) in [5.74, 6) is 0. The standard InChI is InChI=1S/C24H22O/c25-24-16-7-5-12-20(24)17-23(19-9-2-1-3-10-19)22-15-8-13-18-11-4-6-14-21(18)22/h1-4,6,8-11,13-15,24-25H,5,7,12,16H2. The summed E-state index contributed by atoms with van der Waals surface area (Å²) in [6.07, 6.45) is 3.66. The van der Waals surface area contributed by atoms with Crippen molar-refractivity contribution in [2.24, 2.45) is 0 Å². The molecule has 0 radical (unpaired) electrons. The normalized spacial score (nSPS) is 17.3. The first-order chi connectivity index (χ1) is 12.3. The van der Waals surface area contributed by atoms with Crippen LogP contribution < -0.4 is 0 Å². The summed E-state index contributed by atoms with van der Waals surface area (Å²) in [4.78, 5) is 0. The summed E-state index contributed by atoms with van der Waals surface area (Å²) in [6.45, 7) is 0. The summed E-state index contributed by atoms with van der Waals surface area (Å²) < 4.78 is 0. The maximum atomic E-state index is 10.4. The maximum Gasteiger partial charge on any atom is 0.0824 e. The van der Waals surface area contributed by atoms with E-state index >= 15 is 0 Å². The van der Waals surface area contributed by atoms with Crippen LogP contribution in [0.3, 0.4) is 0 Å². The Balaban J connectivity index is 2.00. The Labute approximate surface area is 148 Å². The Morgan fingerprint density at radius 1 is 0.840 bits per heavy atom.